The summed E-state index contributed by atoms with van der Waals surface area (Å²) >= 11 is 0. The summed E-state index contributed by atoms with van der Waals surface area (Å²) in [4.78, 5) is 15.2. The van der Waals surface area contributed by atoms with Gasteiger partial charge in [0, 0.05) is 24.8 Å². The molecular weight excluding hydrogens is 322 g/mol. The topological polar surface area (TPSA) is 38.1 Å². The molecule has 0 atom stereocenters. The number of hydrogen-bond donors (Lipinski definition) is 0. The predicted octanol–water partition coefficient (Wildman–Crippen LogP) is 4.47. The first-order chi connectivity index (χ1) is 12.7. The number of para-hydroxylation sites is 1. The van der Waals surface area contributed by atoms with Gasteiger partial charge in [0.05, 0.1) is 11.3 Å². The van der Waals surface area contributed by atoms with Gasteiger partial charge < -0.3 is 4.90 Å². The molecule has 0 spiro atoms. The molecule has 0 bridgehead atoms. The predicted molar refractivity (Wildman–Crippen MR) is 103 cm³/mol. The highest BCUT2D eigenvalue weighted by molar-refractivity contribution is 6.00. The molecule has 132 valence electrons. The standard InChI is InChI=1S/C22H23N3O/c1-17-9-8-10-18(15-17)21-20(22(26)24-13-6-3-7-14-24)16-25(23-21)19-11-4-2-5-12-19/h2,4-5,8-12,15-16H,3,6-7,13-14H2,1H3. The van der Waals surface area contributed by atoms with E-state index in [-0.39, 0.29) is 5.91 Å². The van der Waals surface area contributed by atoms with Crippen LogP contribution in [-0.2, 0) is 0 Å². The molecule has 1 amide bonds. The zero-order valence-electron chi connectivity index (χ0n) is 15.1. The van der Waals surface area contributed by atoms with Crippen molar-refractivity contribution in [1.82, 2.24) is 14.7 Å². The SMILES string of the molecule is Cc1cccc(-c2nn(-c3ccccc3)cc2C(=O)N2CCCCC2)c1. The normalized spacial score (nSPS) is 14.4. The average molecular weight is 345 g/mol. The van der Waals surface area contributed by atoms with Crippen molar-refractivity contribution in [3.63, 3.8) is 0 Å². The summed E-state index contributed by atoms with van der Waals surface area (Å²) in [7, 11) is 0. The molecule has 1 fully saturated rings. The van der Waals surface area contributed by atoms with Crippen LogP contribution >= 0.6 is 0 Å². The number of likely N-dealkylation sites (tertiary alicyclic amines) is 1. The van der Waals surface area contributed by atoms with Gasteiger partial charge in [-0.1, -0.05) is 42.0 Å². The Bertz CT molecular complexity index is 908. The molecule has 0 unspecified atom stereocenters. The Morgan fingerprint density at radius 2 is 1.73 bits per heavy atom. The summed E-state index contributed by atoms with van der Waals surface area (Å²) in [6.45, 7) is 3.73. The summed E-state index contributed by atoms with van der Waals surface area (Å²) in [5.41, 5.74) is 4.54. The number of hydrogen-bond acceptors (Lipinski definition) is 2. The smallest absolute Gasteiger partial charge is 0.257 e. The molecule has 4 heteroatoms. The van der Waals surface area contributed by atoms with Crippen molar-refractivity contribution in [2.75, 3.05) is 13.1 Å². The van der Waals surface area contributed by atoms with E-state index in [9.17, 15) is 4.79 Å². The lowest BCUT2D eigenvalue weighted by Gasteiger charge is -2.26. The van der Waals surface area contributed by atoms with E-state index in [1.165, 1.54) is 6.42 Å². The molecule has 0 N–H and O–H groups in total. The van der Waals surface area contributed by atoms with E-state index in [2.05, 4.69) is 19.1 Å². The van der Waals surface area contributed by atoms with Crippen LogP contribution in [0.4, 0.5) is 0 Å². The maximum atomic E-state index is 13.2. The zero-order valence-corrected chi connectivity index (χ0v) is 15.1. The Labute approximate surface area is 154 Å². The third-order valence-corrected chi connectivity index (χ3v) is 4.90. The Kier molecular flexibility index (Phi) is 4.57. The third kappa shape index (κ3) is 3.27. The molecule has 26 heavy (non-hydrogen) atoms. The maximum absolute atomic E-state index is 13.2. The number of benzene rings is 2. The Balaban J connectivity index is 1.80. The van der Waals surface area contributed by atoms with Crippen LogP contribution in [-0.4, -0.2) is 33.7 Å². The van der Waals surface area contributed by atoms with Gasteiger partial charge in [-0.15, -0.1) is 0 Å². The number of amides is 1. The molecule has 0 radical (unpaired) electrons. The number of aryl methyl sites for hydroxylation is 1. The van der Waals surface area contributed by atoms with Gasteiger partial charge in [0.1, 0.15) is 5.69 Å². The Morgan fingerprint density at radius 1 is 0.962 bits per heavy atom. The molecule has 2 aromatic carbocycles. The molecule has 0 saturated carbocycles. The zero-order chi connectivity index (χ0) is 17.9. The van der Waals surface area contributed by atoms with Crippen LogP contribution < -0.4 is 0 Å². The second-order valence-corrected chi connectivity index (χ2v) is 6.89. The molecular formula is C22H23N3O. The van der Waals surface area contributed by atoms with Crippen molar-refractivity contribution in [1.29, 1.82) is 0 Å². The molecule has 4 nitrogen and oxygen atoms in total. The highest BCUT2D eigenvalue weighted by Crippen LogP contribution is 2.26. The maximum Gasteiger partial charge on any atom is 0.257 e. The monoisotopic (exact) mass is 345 g/mol. The minimum absolute atomic E-state index is 0.0865. The Hall–Kier alpha value is -2.88. The first kappa shape index (κ1) is 16.6. The fourth-order valence-corrected chi connectivity index (χ4v) is 3.52. The van der Waals surface area contributed by atoms with Gasteiger partial charge >= 0.3 is 0 Å². The van der Waals surface area contributed by atoms with Gasteiger partial charge in [-0.2, -0.15) is 5.10 Å². The fourth-order valence-electron chi connectivity index (χ4n) is 3.52. The second-order valence-electron chi connectivity index (χ2n) is 6.89. The van der Waals surface area contributed by atoms with Crippen molar-refractivity contribution in [2.45, 2.75) is 26.2 Å². The molecule has 1 saturated heterocycles. The summed E-state index contributed by atoms with van der Waals surface area (Å²) < 4.78 is 1.81. The van der Waals surface area contributed by atoms with Gasteiger partial charge in [-0.05, 0) is 44.4 Å². The highest BCUT2D eigenvalue weighted by Gasteiger charge is 2.24. The van der Waals surface area contributed by atoms with E-state index in [0.717, 1.165) is 48.4 Å². The first-order valence-electron chi connectivity index (χ1n) is 9.24. The molecule has 1 aromatic heterocycles. The third-order valence-electron chi connectivity index (χ3n) is 4.90. The number of carbonyl (C=O) groups excluding carboxylic acids is 1. The Morgan fingerprint density at radius 3 is 2.46 bits per heavy atom. The van der Waals surface area contributed by atoms with Crippen LogP contribution in [0.5, 0.6) is 0 Å². The molecule has 1 aliphatic rings. The first-order valence-corrected chi connectivity index (χ1v) is 9.24. The number of carbonyl (C=O) groups is 1. The largest absolute Gasteiger partial charge is 0.339 e. The fraction of sp³-hybridized carbons (Fsp3) is 0.273. The van der Waals surface area contributed by atoms with Gasteiger partial charge in [0.15, 0.2) is 0 Å². The lowest BCUT2D eigenvalue weighted by Crippen LogP contribution is -2.35. The van der Waals surface area contributed by atoms with Crippen molar-refractivity contribution in [2.24, 2.45) is 0 Å². The van der Waals surface area contributed by atoms with Crippen molar-refractivity contribution >= 4 is 5.91 Å². The van der Waals surface area contributed by atoms with Crippen LogP contribution in [0.15, 0.2) is 60.8 Å². The highest BCUT2D eigenvalue weighted by atomic mass is 16.2. The van der Waals surface area contributed by atoms with Crippen LogP contribution in [0.3, 0.4) is 0 Å². The van der Waals surface area contributed by atoms with E-state index in [0.29, 0.717) is 5.56 Å². The molecule has 4 rings (SSSR count). The summed E-state index contributed by atoms with van der Waals surface area (Å²) in [6.07, 6.45) is 5.25. The van der Waals surface area contributed by atoms with E-state index in [4.69, 9.17) is 5.10 Å². The second kappa shape index (κ2) is 7.16. The quantitative estimate of drug-likeness (QED) is 0.702. The summed E-state index contributed by atoms with van der Waals surface area (Å²) in [6, 6.07) is 18.1. The van der Waals surface area contributed by atoms with Crippen molar-refractivity contribution in [3.05, 3.63) is 71.9 Å². The number of aromatic nitrogens is 2. The van der Waals surface area contributed by atoms with Crippen molar-refractivity contribution in [3.8, 4) is 16.9 Å². The molecule has 3 aromatic rings. The van der Waals surface area contributed by atoms with Crippen LogP contribution in [0.2, 0.25) is 0 Å². The molecule has 2 heterocycles. The van der Waals surface area contributed by atoms with E-state index in [1.807, 2.05) is 58.2 Å². The minimum Gasteiger partial charge on any atom is -0.339 e. The molecule has 0 aliphatic carbocycles. The van der Waals surface area contributed by atoms with Crippen LogP contribution in [0, 0.1) is 6.92 Å². The summed E-state index contributed by atoms with van der Waals surface area (Å²) in [5, 5.41) is 4.78. The lowest BCUT2D eigenvalue weighted by atomic mass is 10.0. The van der Waals surface area contributed by atoms with E-state index < -0.39 is 0 Å². The van der Waals surface area contributed by atoms with E-state index >= 15 is 0 Å². The summed E-state index contributed by atoms with van der Waals surface area (Å²) in [5.74, 6) is 0.0865. The number of rotatable bonds is 3. The van der Waals surface area contributed by atoms with Crippen LogP contribution in [0.1, 0.15) is 35.2 Å². The van der Waals surface area contributed by atoms with Crippen LogP contribution in [0.25, 0.3) is 16.9 Å². The number of piperidine rings is 1. The average Bonchev–Trinajstić information content (AvgIpc) is 3.14. The number of nitrogens with zero attached hydrogens (tertiary/aromatic N) is 3. The van der Waals surface area contributed by atoms with Gasteiger partial charge in [0.25, 0.3) is 5.91 Å². The van der Waals surface area contributed by atoms with Gasteiger partial charge in [-0.3, -0.25) is 4.79 Å². The van der Waals surface area contributed by atoms with E-state index in [1.54, 1.807) is 0 Å². The van der Waals surface area contributed by atoms with Gasteiger partial charge in [-0.25, -0.2) is 4.68 Å². The molecule has 1 aliphatic heterocycles. The van der Waals surface area contributed by atoms with Crippen molar-refractivity contribution < 1.29 is 4.79 Å². The lowest BCUT2D eigenvalue weighted by molar-refractivity contribution is 0.0725. The van der Waals surface area contributed by atoms with Gasteiger partial charge in [0.2, 0.25) is 0 Å². The minimum atomic E-state index is 0.0865.